The van der Waals surface area contributed by atoms with E-state index in [0.717, 1.165) is 11.5 Å². The maximum Gasteiger partial charge on any atom is 0.231 e. The molecule has 0 atom stereocenters. The summed E-state index contributed by atoms with van der Waals surface area (Å²) in [7, 11) is 0. The minimum Gasteiger partial charge on any atom is -0.454 e. The third-order valence-corrected chi connectivity index (χ3v) is 4.35. The molecule has 1 aliphatic carbocycles. The first-order valence-corrected chi connectivity index (χ1v) is 6.35. The molecule has 0 spiro atoms. The van der Waals surface area contributed by atoms with Crippen molar-refractivity contribution in [3.63, 3.8) is 0 Å². The predicted octanol–water partition coefficient (Wildman–Crippen LogP) is 3.76. The van der Waals surface area contributed by atoms with Crippen LogP contribution in [0.15, 0.2) is 12.1 Å². The average molecular weight is 232 g/mol. The van der Waals surface area contributed by atoms with Crippen LogP contribution in [0.25, 0.3) is 0 Å². The largest absolute Gasteiger partial charge is 0.454 e. The first kappa shape index (κ1) is 10.9. The smallest absolute Gasteiger partial charge is 0.231 e. The van der Waals surface area contributed by atoms with Crippen molar-refractivity contribution < 1.29 is 9.47 Å². The molecular formula is C15H20O2. The highest BCUT2D eigenvalue weighted by atomic mass is 16.7. The Hall–Kier alpha value is -1.18. The molecule has 0 saturated carbocycles. The van der Waals surface area contributed by atoms with Gasteiger partial charge in [0, 0.05) is 0 Å². The fourth-order valence-corrected chi connectivity index (χ4v) is 2.96. The van der Waals surface area contributed by atoms with Gasteiger partial charge < -0.3 is 9.47 Å². The zero-order chi connectivity index (χ0) is 12.3. The molecule has 2 aliphatic rings. The van der Waals surface area contributed by atoms with E-state index < -0.39 is 0 Å². The zero-order valence-corrected chi connectivity index (χ0v) is 11.1. The van der Waals surface area contributed by atoms with Crippen LogP contribution in [0.5, 0.6) is 11.5 Å². The van der Waals surface area contributed by atoms with E-state index in [4.69, 9.17) is 9.47 Å². The van der Waals surface area contributed by atoms with Crippen molar-refractivity contribution in [3.8, 4) is 11.5 Å². The van der Waals surface area contributed by atoms with Gasteiger partial charge in [-0.15, -0.1) is 0 Å². The Bertz CT molecular complexity index is 429. The summed E-state index contributed by atoms with van der Waals surface area (Å²) in [6, 6.07) is 4.39. The lowest BCUT2D eigenvalue weighted by Gasteiger charge is -2.41. The summed E-state index contributed by atoms with van der Waals surface area (Å²) in [5, 5.41) is 0. The van der Waals surface area contributed by atoms with E-state index in [-0.39, 0.29) is 10.8 Å². The number of hydrogen-bond acceptors (Lipinski definition) is 2. The second kappa shape index (κ2) is 3.18. The van der Waals surface area contributed by atoms with Gasteiger partial charge in [-0.3, -0.25) is 0 Å². The van der Waals surface area contributed by atoms with E-state index in [1.807, 2.05) is 0 Å². The minimum atomic E-state index is 0.242. The van der Waals surface area contributed by atoms with E-state index in [9.17, 15) is 0 Å². The van der Waals surface area contributed by atoms with Gasteiger partial charge in [-0.2, -0.15) is 0 Å². The van der Waals surface area contributed by atoms with Crippen molar-refractivity contribution in [1.82, 2.24) is 0 Å². The zero-order valence-electron chi connectivity index (χ0n) is 11.1. The highest BCUT2D eigenvalue weighted by Crippen LogP contribution is 2.49. The molecular weight excluding hydrogens is 212 g/mol. The van der Waals surface area contributed by atoms with Gasteiger partial charge in [-0.05, 0) is 46.9 Å². The van der Waals surface area contributed by atoms with Crippen molar-refractivity contribution in [2.75, 3.05) is 6.79 Å². The molecule has 2 heteroatoms. The normalized spacial score (nSPS) is 23.3. The summed E-state index contributed by atoms with van der Waals surface area (Å²) in [6.07, 6.45) is 2.46. The molecule has 1 aromatic carbocycles. The van der Waals surface area contributed by atoms with Gasteiger partial charge in [0.25, 0.3) is 0 Å². The molecule has 1 aliphatic heterocycles. The van der Waals surface area contributed by atoms with Gasteiger partial charge >= 0.3 is 0 Å². The van der Waals surface area contributed by atoms with Gasteiger partial charge in [0.15, 0.2) is 11.5 Å². The number of hydrogen-bond donors (Lipinski definition) is 0. The monoisotopic (exact) mass is 232 g/mol. The summed E-state index contributed by atoms with van der Waals surface area (Å²) in [6.45, 7) is 9.65. The van der Waals surface area contributed by atoms with Crippen LogP contribution in [-0.4, -0.2) is 6.79 Å². The van der Waals surface area contributed by atoms with Crippen molar-refractivity contribution in [2.24, 2.45) is 0 Å². The summed E-state index contributed by atoms with van der Waals surface area (Å²) in [5.74, 6) is 1.82. The number of rotatable bonds is 0. The Morgan fingerprint density at radius 2 is 1.24 bits per heavy atom. The number of benzene rings is 1. The molecule has 92 valence electrons. The molecule has 0 bridgehead atoms. The lowest BCUT2D eigenvalue weighted by atomic mass is 9.63. The maximum absolute atomic E-state index is 5.50. The van der Waals surface area contributed by atoms with E-state index in [0.29, 0.717) is 6.79 Å². The number of fused-ring (bicyclic) bond motifs is 2. The molecule has 0 radical (unpaired) electrons. The summed E-state index contributed by atoms with van der Waals surface area (Å²) in [4.78, 5) is 0. The van der Waals surface area contributed by atoms with E-state index in [1.54, 1.807) is 0 Å². The van der Waals surface area contributed by atoms with Crippen molar-refractivity contribution in [2.45, 2.75) is 51.4 Å². The third kappa shape index (κ3) is 1.54. The Morgan fingerprint density at radius 1 is 0.824 bits per heavy atom. The van der Waals surface area contributed by atoms with Crippen molar-refractivity contribution in [3.05, 3.63) is 23.3 Å². The van der Waals surface area contributed by atoms with Crippen LogP contribution in [0.1, 0.15) is 51.7 Å². The standard InChI is InChI=1S/C15H20O2/c1-14(2)5-6-15(3,4)11-8-13-12(7-10(11)14)16-9-17-13/h7-8H,5-6,9H2,1-4H3. The molecule has 0 fully saturated rings. The molecule has 0 aromatic heterocycles. The van der Waals surface area contributed by atoms with Crippen LogP contribution in [0, 0.1) is 0 Å². The van der Waals surface area contributed by atoms with Gasteiger partial charge in [0.1, 0.15) is 0 Å². The van der Waals surface area contributed by atoms with Gasteiger partial charge in [0.05, 0.1) is 0 Å². The molecule has 0 unspecified atom stereocenters. The predicted molar refractivity (Wildman–Crippen MR) is 67.9 cm³/mol. The maximum atomic E-state index is 5.50. The summed E-state index contributed by atoms with van der Waals surface area (Å²) in [5.41, 5.74) is 3.34. The fourth-order valence-electron chi connectivity index (χ4n) is 2.96. The molecule has 1 aromatic rings. The van der Waals surface area contributed by atoms with Crippen LogP contribution in [-0.2, 0) is 10.8 Å². The topological polar surface area (TPSA) is 18.5 Å². The van der Waals surface area contributed by atoms with Gasteiger partial charge in [-0.25, -0.2) is 0 Å². The Balaban J connectivity index is 2.23. The molecule has 0 N–H and O–H groups in total. The first-order valence-electron chi connectivity index (χ1n) is 6.35. The molecule has 0 saturated heterocycles. The molecule has 2 nitrogen and oxygen atoms in total. The van der Waals surface area contributed by atoms with Gasteiger partial charge in [-0.1, -0.05) is 27.7 Å². The SMILES string of the molecule is CC1(C)CCC(C)(C)c2cc3c(cc21)OCO3. The summed E-state index contributed by atoms with van der Waals surface area (Å²) < 4.78 is 11.0. The quantitative estimate of drug-likeness (QED) is 0.678. The third-order valence-electron chi connectivity index (χ3n) is 4.35. The van der Waals surface area contributed by atoms with Crippen molar-refractivity contribution in [1.29, 1.82) is 0 Å². The molecule has 1 heterocycles. The second-order valence-corrected chi connectivity index (χ2v) is 6.52. The molecule has 3 rings (SSSR count). The molecule has 17 heavy (non-hydrogen) atoms. The first-order chi connectivity index (χ1) is 7.90. The van der Waals surface area contributed by atoms with E-state index in [1.165, 1.54) is 24.0 Å². The van der Waals surface area contributed by atoms with Crippen LogP contribution in [0.2, 0.25) is 0 Å². The van der Waals surface area contributed by atoms with Crippen LogP contribution < -0.4 is 9.47 Å². The van der Waals surface area contributed by atoms with Crippen molar-refractivity contribution >= 4 is 0 Å². The molecule has 0 amide bonds. The van der Waals surface area contributed by atoms with Crippen LogP contribution in [0.3, 0.4) is 0 Å². The second-order valence-electron chi connectivity index (χ2n) is 6.52. The number of ether oxygens (including phenoxy) is 2. The van der Waals surface area contributed by atoms with E-state index in [2.05, 4.69) is 39.8 Å². The lowest BCUT2D eigenvalue weighted by molar-refractivity contribution is 0.174. The van der Waals surface area contributed by atoms with Gasteiger partial charge in [0.2, 0.25) is 6.79 Å². The Labute approximate surface area is 103 Å². The Morgan fingerprint density at radius 3 is 1.65 bits per heavy atom. The highest BCUT2D eigenvalue weighted by Gasteiger charge is 2.38. The Kier molecular flexibility index (Phi) is 2.05. The minimum absolute atomic E-state index is 0.242. The van der Waals surface area contributed by atoms with Crippen LogP contribution >= 0.6 is 0 Å². The highest BCUT2D eigenvalue weighted by molar-refractivity contribution is 5.54. The average Bonchev–Trinajstić information content (AvgIpc) is 2.70. The van der Waals surface area contributed by atoms with Crippen LogP contribution in [0.4, 0.5) is 0 Å². The van der Waals surface area contributed by atoms with E-state index >= 15 is 0 Å². The fraction of sp³-hybridized carbons (Fsp3) is 0.600. The summed E-state index contributed by atoms with van der Waals surface area (Å²) >= 11 is 0. The lowest BCUT2D eigenvalue weighted by Crippen LogP contribution is -2.33.